The van der Waals surface area contributed by atoms with Crippen LogP contribution in [0.15, 0.2) is 24.3 Å². The van der Waals surface area contributed by atoms with E-state index in [1.54, 1.807) is 25.1 Å². The molecule has 1 aromatic carbocycles. The van der Waals surface area contributed by atoms with Gasteiger partial charge in [-0.1, -0.05) is 12.1 Å². The van der Waals surface area contributed by atoms with E-state index >= 15 is 0 Å². The Hall–Kier alpha value is -2.55. The number of carbonyl (C=O) groups is 2. The van der Waals surface area contributed by atoms with E-state index in [4.69, 9.17) is 5.26 Å². The SMILES string of the molecule is C[C@@H](NC(=O)NCc1cccc(C#N)c1)C(=O)N1CCCC[C@@H]1C. The monoisotopic (exact) mass is 328 g/mol. The summed E-state index contributed by atoms with van der Waals surface area (Å²) >= 11 is 0. The Morgan fingerprint density at radius 2 is 2.21 bits per heavy atom. The molecule has 0 bridgehead atoms. The standard InChI is InChI=1S/C18H24N4O2/c1-13-6-3-4-9-22(13)17(23)14(2)21-18(24)20-12-16-8-5-7-15(10-16)11-19/h5,7-8,10,13-14H,3-4,6,9,12H2,1-2H3,(H2,20,21,24)/t13-,14+/m0/s1. The number of nitrogens with zero attached hydrogens (tertiary/aromatic N) is 2. The molecular formula is C18H24N4O2. The average Bonchev–Trinajstić information content (AvgIpc) is 2.60. The van der Waals surface area contributed by atoms with Gasteiger partial charge in [0.15, 0.2) is 0 Å². The van der Waals surface area contributed by atoms with Gasteiger partial charge < -0.3 is 15.5 Å². The molecule has 1 aromatic rings. The quantitative estimate of drug-likeness (QED) is 0.888. The van der Waals surface area contributed by atoms with Crippen LogP contribution in [0.1, 0.15) is 44.2 Å². The molecule has 0 spiro atoms. The molecule has 0 aromatic heterocycles. The van der Waals surface area contributed by atoms with Crippen molar-refractivity contribution in [1.82, 2.24) is 15.5 Å². The number of urea groups is 1. The Morgan fingerprint density at radius 3 is 2.92 bits per heavy atom. The topological polar surface area (TPSA) is 85.2 Å². The van der Waals surface area contributed by atoms with Crippen molar-refractivity contribution in [2.24, 2.45) is 0 Å². The van der Waals surface area contributed by atoms with Crippen LogP contribution in [-0.4, -0.2) is 35.5 Å². The van der Waals surface area contributed by atoms with E-state index in [0.29, 0.717) is 12.1 Å². The third kappa shape index (κ3) is 4.72. The van der Waals surface area contributed by atoms with Crippen LogP contribution in [0.4, 0.5) is 4.79 Å². The maximum absolute atomic E-state index is 12.4. The number of rotatable bonds is 4. The fourth-order valence-corrected chi connectivity index (χ4v) is 2.92. The smallest absolute Gasteiger partial charge is 0.315 e. The van der Waals surface area contributed by atoms with Gasteiger partial charge in [-0.15, -0.1) is 0 Å². The molecule has 2 rings (SSSR count). The lowest BCUT2D eigenvalue weighted by Crippen LogP contribution is -2.53. The minimum atomic E-state index is -0.559. The molecule has 1 aliphatic heterocycles. The first kappa shape index (κ1) is 17.8. The van der Waals surface area contributed by atoms with Gasteiger partial charge in [-0.05, 0) is 50.8 Å². The molecule has 1 aliphatic rings. The van der Waals surface area contributed by atoms with Crippen molar-refractivity contribution in [3.8, 4) is 6.07 Å². The number of nitrogens with one attached hydrogen (secondary N) is 2. The van der Waals surface area contributed by atoms with Crippen LogP contribution < -0.4 is 10.6 Å². The van der Waals surface area contributed by atoms with E-state index in [-0.39, 0.29) is 18.0 Å². The summed E-state index contributed by atoms with van der Waals surface area (Å²) in [6.45, 7) is 4.82. The van der Waals surface area contributed by atoms with Crippen LogP contribution >= 0.6 is 0 Å². The van der Waals surface area contributed by atoms with E-state index < -0.39 is 6.04 Å². The third-order valence-corrected chi connectivity index (χ3v) is 4.31. The van der Waals surface area contributed by atoms with Crippen LogP contribution in [0.3, 0.4) is 0 Å². The lowest BCUT2D eigenvalue weighted by Gasteiger charge is -2.35. The maximum Gasteiger partial charge on any atom is 0.315 e. The van der Waals surface area contributed by atoms with E-state index in [0.717, 1.165) is 31.4 Å². The van der Waals surface area contributed by atoms with Crippen LogP contribution in [0.25, 0.3) is 0 Å². The molecule has 0 radical (unpaired) electrons. The largest absolute Gasteiger partial charge is 0.338 e. The van der Waals surface area contributed by atoms with Gasteiger partial charge in [0.05, 0.1) is 11.6 Å². The molecule has 1 fully saturated rings. The Labute approximate surface area is 142 Å². The molecule has 0 saturated carbocycles. The Bertz CT molecular complexity index is 638. The number of benzene rings is 1. The van der Waals surface area contributed by atoms with Crippen LogP contribution in [0, 0.1) is 11.3 Å². The predicted molar refractivity (Wildman–Crippen MR) is 91.0 cm³/mol. The van der Waals surface area contributed by atoms with Gasteiger partial charge in [0.2, 0.25) is 5.91 Å². The van der Waals surface area contributed by atoms with Crippen molar-refractivity contribution >= 4 is 11.9 Å². The number of likely N-dealkylation sites (tertiary alicyclic amines) is 1. The molecule has 2 atom stereocenters. The Morgan fingerprint density at radius 1 is 1.42 bits per heavy atom. The molecule has 6 nitrogen and oxygen atoms in total. The highest BCUT2D eigenvalue weighted by Gasteiger charge is 2.27. The molecular weight excluding hydrogens is 304 g/mol. The maximum atomic E-state index is 12.4. The Balaban J connectivity index is 1.82. The van der Waals surface area contributed by atoms with E-state index in [9.17, 15) is 9.59 Å². The van der Waals surface area contributed by atoms with Crippen molar-refractivity contribution < 1.29 is 9.59 Å². The van der Waals surface area contributed by atoms with Crippen molar-refractivity contribution in [1.29, 1.82) is 5.26 Å². The molecule has 1 saturated heterocycles. The summed E-state index contributed by atoms with van der Waals surface area (Å²) in [6.07, 6.45) is 3.18. The first-order valence-electron chi connectivity index (χ1n) is 8.35. The average molecular weight is 328 g/mol. The second-order valence-corrected chi connectivity index (χ2v) is 6.24. The van der Waals surface area contributed by atoms with E-state index in [2.05, 4.69) is 16.7 Å². The first-order chi connectivity index (χ1) is 11.5. The number of carbonyl (C=O) groups excluding carboxylic acids is 2. The number of hydrogen-bond donors (Lipinski definition) is 2. The van der Waals surface area contributed by atoms with E-state index in [1.165, 1.54) is 0 Å². The van der Waals surface area contributed by atoms with Crippen LogP contribution in [0.5, 0.6) is 0 Å². The number of hydrogen-bond acceptors (Lipinski definition) is 3. The van der Waals surface area contributed by atoms with Crippen molar-refractivity contribution in [2.75, 3.05) is 6.54 Å². The summed E-state index contributed by atoms with van der Waals surface area (Å²) < 4.78 is 0. The number of nitriles is 1. The van der Waals surface area contributed by atoms with Gasteiger partial charge in [0, 0.05) is 19.1 Å². The van der Waals surface area contributed by atoms with Gasteiger partial charge in [-0.25, -0.2) is 4.79 Å². The number of amides is 3. The third-order valence-electron chi connectivity index (χ3n) is 4.31. The molecule has 1 heterocycles. The molecule has 128 valence electrons. The first-order valence-corrected chi connectivity index (χ1v) is 8.35. The summed E-state index contributed by atoms with van der Waals surface area (Å²) in [5.41, 5.74) is 1.39. The zero-order valence-electron chi connectivity index (χ0n) is 14.2. The molecule has 3 amide bonds. The fraction of sp³-hybridized carbons (Fsp3) is 0.500. The molecule has 24 heavy (non-hydrogen) atoms. The van der Waals surface area contributed by atoms with Gasteiger partial charge in [0.1, 0.15) is 6.04 Å². The molecule has 0 aliphatic carbocycles. The van der Waals surface area contributed by atoms with E-state index in [1.807, 2.05) is 17.9 Å². The highest BCUT2D eigenvalue weighted by molar-refractivity contribution is 5.87. The van der Waals surface area contributed by atoms with Crippen LogP contribution in [0.2, 0.25) is 0 Å². The molecule has 0 unspecified atom stereocenters. The summed E-state index contributed by atoms with van der Waals surface area (Å²) in [5.74, 6) is -0.0381. The number of piperidine rings is 1. The zero-order chi connectivity index (χ0) is 17.5. The highest BCUT2D eigenvalue weighted by atomic mass is 16.2. The normalized spacial score (nSPS) is 18.4. The minimum absolute atomic E-state index is 0.0381. The summed E-state index contributed by atoms with van der Waals surface area (Å²) in [6, 6.07) is 8.40. The summed E-state index contributed by atoms with van der Waals surface area (Å²) in [7, 11) is 0. The summed E-state index contributed by atoms with van der Waals surface area (Å²) in [5, 5.41) is 14.3. The van der Waals surface area contributed by atoms with Gasteiger partial charge in [0.25, 0.3) is 0 Å². The minimum Gasteiger partial charge on any atom is -0.338 e. The second-order valence-electron chi connectivity index (χ2n) is 6.24. The fourth-order valence-electron chi connectivity index (χ4n) is 2.92. The second kappa shape index (κ2) is 8.34. The van der Waals surface area contributed by atoms with Gasteiger partial charge >= 0.3 is 6.03 Å². The Kier molecular flexibility index (Phi) is 6.19. The molecule has 2 N–H and O–H groups in total. The lowest BCUT2D eigenvalue weighted by molar-refractivity contribution is -0.136. The predicted octanol–water partition coefficient (Wildman–Crippen LogP) is 2.15. The van der Waals surface area contributed by atoms with Crippen molar-refractivity contribution in [3.05, 3.63) is 35.4 Å². The van der Waals surface area contributed by atoms with Gasteiger partial charge in [-0.3, -0.25) is 4.79 Å². The van der Waals surface area contributed by atoms with Crippen molar-refractivity contribution in [2.45, 2.75) is 51.7 Å². The van der Waals surface area contributed by atoms with Crippen molar-refractivity contribution in [3.63, 3.8) is 0 Å². The summed E-state index contributed by atoms with van der Waals surface area (Å²) in [4.78, 5) is 26.3. The lowest BCUT2D eigenvalue weighted by atomic mass is 10.0. The van der Waals surface area contributed by atoms with Gasteiger partial charge in [-0.2, -0.15) is 5.26 Å². The van der Waals surface area contributed by atoms with Crippen LogP contribution in [-0.2, 0) is 11.3 Å². The molecule has 6 heteroatoms. The zero-order valence-corrected chi connectivity index (χ0v) is 14.2. The highest BCUT2D eigenvalue weighted by Crippen LogP contribution is 2.17.